The molecule has 0 saturated heterocycles. The Bertz CT molecular complexity index is 1360. The van der Waals surface area contributed by atoms with Crippen molar-refractivity contribution in [2.75, 3.05) is 32.9 Å². The number of rotatable bonds is 13. The maximum absolute atomic E-state index is 13.4. The van der Waals surface area contributed by atoms with E-state index in [1.807, 2.05) is 12.1 Å². The number of methoxy groups -OCH3 is 1. The number of pyridine rings is 1. The summed E-state index contributed by atoms with van der Waals surface area (Å²) in [5.74, 6) is -6.92. The molecule has 11 nitrogen and oxygen atoms in total. The van der Waals surface area contributed by atoms with Crippen LogP contribution in [0.25, 0.3) is 0 Å². The largest absolute Gasteiger partial charge is 0.481 e. The number of carbonyl (C=O) groups excluding carboxylic acids is 1. The molecular formula is C26H26F3N3O8. The minimum atomic E-state index is -5.36. The van der Waals surface area contributed by atoms with Gasteiger partial charge in [0.2, 0.25) is 6.79 Å². The zero-order chi connectivity index (χ0) is 28.9. The molecule has 2 atom stereocenters. The number of alkyl halides is 3. The molecule has 1 aliphatic rings. The monoisotopic (exact) mass is 565 g/mol. The summed E-state index contributed by atoms with van der Waals surface area (Å²) in [4.78, 5) is 28.6. The van der Waals surface area contributed by atoms with Gasteiger partial charge in [0.1, 0.15) is 17.5 Å². The number of aromatic nitrogens is 2. The van der Waals surface area contributed by atoms with Crippen LogP contribution in [0.15, 0.2) is 40.9 Å². The minimum Gasteiger partial charge on any atom is -0.481 e. The lowest BCUT2D eigenvalue weighted by Gasteiger charge is -2.23. The number of benzene rings is 1. The first-order valence-electron chi connectivity index (χ1n) is 12.1. The maximum atomic E-state index is 13.4. The number of ketones is 1. The fourth-order valence-electron chi connectivity index (χ4n) is 4.31. The van der Waals surface area contributed by atoms with Crippen molar-refractivity contribution in [1.82, 2.24) is 10.1 Å². The summed E-state index contributed by atoms with van der Waals surface area (Å²) >= 11 is 0. The number of hydrogen-bond donors (Lipinski definition) is 2. The van der Waals surface area contributed by atoms with E-state index in [9.17, 15) is 27.9 Å². The molecule has 1 aromatic carbocycles. The number of halogens is 3. The van der Waals surface area contributed by atoms with Gasteiger partial charge in [-0.2, -0.15) is 13.2 Å². The molecule has 4 rings (SSSR count). The summed E-state index contributed by atoms with van der Waals surface area (Å²) in [6, 6.07) is 9.22. The zero-order valence-corrected chi connectivity index (χ0v) is 21.5. The number of nitrogens with zero attached hydrogens (tertiary/aromatic N) is 2. The molecule has 2 unspecified atom stereocenters. The van der Waals surface area contributed by atoms with Crippen LogP contribution in [-0.2, 0) is 33.8 Å². The van der Waals surface area contributed by atoms with Crippen LogP contribution in [0.3, 0.4) is 0 Å². The number of nitrogens with one attached hydrogen (secondary N) is 1. The van der Waals surface area contributed by atoms with E-state index in [1.165, 1.54) is 24.3 Å². The molecule has 0 bridgehead atoms. The highest BCUT2D eigenvalue weighted by atomic mass is 19.4. The Kier molecular flexibility index (Phi) is 8.77. The highest BCUT2D eigenvalue weighted by Crippen LogP contribution is 2.40. The van der Waals surface area contributed by atoms with E-state index in [4.69, 9.17) is 23.5 Å². The molecule has 3 aromatic rings. The number of hydrogen-bond acceptors (Lipinski definition) is 10. The summed E-state index contributed by atoms with van der Waals surface area (Å²) in [5.41, 5.74) is 1.73. The fourth-order valence-corrected chi connectivity index (χ4v) is 4.31. The molecule has 214 valence electrons. The summed E-state index contributed by atoms with van der Waals surface area (Å²) in [5, 5.41) is 16.4. The molecule has 0 spiro atoms. The molecular weight excluding hydrogens is 539 g/mol. The molecule has 14 heteroatoms. The summed E-state index contributed by atoms with van der Waals surface area (Å²) < 4.78 is 66.6. The van der Waals surface area contributed by atoms with Crippen molar-refractivity contribution in [3.8, 4) is 17.4 Å². The Labute approximate surface area is 226 Å². The third kappa shape index (κ3) is 6.62. The van der Waals surface area contributed by atoms with Gasteiger partial charge in [0, 0.05) is 50.2 Å². The normalized spacial score (nSPS) is 14.0. The van der Waals surface area contributed by atoms with Crippen LogP contribution >= 0.6 is 0 Å². The van der Waals surface area contributed by atoms with E-state index >= 15 is 0 Å². The van der Waals surface area contributed by atoms with Gasteiger partial charge in [0.05, 0.1) is 13.2 Å². The summed E-state index contributed by atoms with van der Waals surface area (Å²) in [6.45, 7) is 0.451. The van der Waals surface area contributed by atoms with Gasteiger partial charge in [-0.3, -0.25) is 9.59 Å². The number of fused-ring (bicyclic) bond motifs is 1. The van der Waals surface area contributed by atoms with Crippen molar-refractivity contribution in [3.05, 3.63) is 59.0 Å². The second-order valence-electron chi connectivity index (χ2n) is 8.82. The van der Waals surface area contributed by atoms with Gasteiger partial charge < -0.3 is 33.9 Å². The SMILES string of the molecule is CNc1nc(CCOc2cc(CC(c3ccc4c(c3)OCO4)C(C(=O)O)C(=O)C(F)(F)F)on2)ccc1COC. The number of anilines is 1. The lowest BCUT2D eigenvalue weighted by Crippen LogP contribution is -2.39. The Balaban J connectivity index is 1.50. The highest BCUT2D eigenvalue weighted by Gasteiger charge is 2.50. The first kappa shape index (κ1) is 28.7. The molecule has 2 N–H and O–H groups in total. The van der Waals surface area contributed by atoms with Crippen LogP contribution in [0.4, 0.5) is 19.0 Å². The van der Waals surface area contributed by atoms with Gasteiger partial charge in [-0.15, -0.1) is 0 Å². The number of carbonyl (C=O) groups is 2. The quantitative estimate of drug-likeness (QED) is 0.293. The lowest BCUT2D eigenvalue weighted by atomic mass is 9.80. The number of aliphatic carboxylic acids is 1. The minimum absolute atomic E-state index is 0.0263. The average Bonchev–Trinajstić information content (AvgIpc) is 3.57. The second-order valence-corrected chi connectivity index (χ2v) is 8.82. The first-order chi connectivity index (χ1) is 19.1. The predicted molar refractivity (Wildman–Crippen MR) is 131 cm³/mol. The molecule has 2 aromatic heterocycles. The first-order valence-corrected chi connectivity index (χ1v) is 12.1. The van der Waals surface area contributed by atoms with Crippen molar-refractivity contribution in [2.45, 2.75) is 31.5 Å². The van der Waals surface area contributed by atoms with Crippen LogP contribution < -0.4 is 19.5 Å². The van der Waals surface area contributed by atoms with Crippen LogP contribution in [0, 0.1) is 5.92 Å². The fraction of sp³-hybridized carbons (Fsp3) is 0.385. The van der Waals surface area contributed by atoms with E-state index in [0.29, 0.717) is 24.6 Å². The molecule has 0 aliphatic carbocycles. The van der Waals surface area contributed by atoms with Crippen molar-refractivity contribution in [3.63, 3.8) is 0 Å². The Morgan fingerprint density at radius 2 is 1.93 bits per heavy atom. The summed E-state index contributed by atoms with van der Waals surface area (Å²) in [6.07, 6.45) is -5.34. The third-order valence-corrected chi connectivity index (χ3v) is 6.19. The van der Waals surface area contributed by atoms with Crippen molar-refractivity contribution >= 4 is 17.6 Å². The van der Waals surface area contributed by atoms with Crippen LogP contribution in [0.5, 0.6) is 17.4 Å². The number of Topliss-reactive ketones (excluding diaryl/α,β-unsaturated/α-hetero) is 1. The molecule has 0 radical (unpaired) electrons. The molecule has 0 amide bonds. The molecule has 0 saturated carbocycles. The molecule has 3 heterocycles. The Morgan fingerprint density at radius 3 is 2.62 bits per heavy atom. The second kappa shape index (κ2) is 12.2. The van der Waals surface area contributed by atoms with Gasteiger partial charge in [0.15, 0.2) is 11.5 Å². The van der Waals surface area contributed by atoms with Crippen LogP contribution in [0.1, 0.15) is 28.5 Å². The van der Waals surface area contributed by atoms with E-state index in [2.05, 4.69) is 15.5 Å². The average molecular weight is 566 g/mol. The van der Waals surface area contributed by atoms with Crippen molar-refractivity contribution < 1.29 is 51.3 Å². The van der Waals surface area contributed by atoms with E-state index in [0.717, 1.165) is 11.3 Å². The van der Waals surface area contributed by atoms with E-state index < -0.39 is 29.8 Å². The lowest BCUT2D eigenvalue weighted by molar-refractivity contribution is -0.180. The number of ether oxygens (including phenoxy) is 4. The smallest absolute Gasteiger partial charge is 0.450 e. The van der Waals surface area contributed by atoms with Gasteiger partial charge in [-0.05, 0) is 28.9 Å². The zero-order valence-electron chi connectivity index (χ0n) is 21.5. The number of carboxylic acids is 1. The molecule has 0 fully saturated rings. The Hall–Kier alpha value is -4.33. The van der Waals surface area contributed by atoms with Gasteiger partial charge >= 0.3 is 12.1 Å². The number of carboxylic acid groups (broad SMARTS) is 1. The Morgan fingerprint density at radius 1 is 1.15 bits per heavy atom. The van der Waals surface area contributed by atoms with Gasteiger partial charge in [-0.1, -0.05) is 12.1 Å². The van der Waals surface area contributed by atoms with Crippen molar-refractivity contribution in [2.24, 2.45) is 5.92 Å². The van der Waals surface area contributed by atoms with Gasteiger partial charge in [-0.25, -0.2) is 4.98 Å². The topological polar surface area (TPSA) is 142 Å². The van der Waals surface area contributed by atoms with Crippen molar-refractivity contribution in [1.29, 1.82) is 0 Å². The maximum Gasteiger partial charge on any atom is 0.450 e. The van der Waals surface area contributed by atoms with E-state index in [-0.39, 0.29) is 42.8 Å². The van der Waals surface area contributed by atoms with Crippen LogP contribution in [0.2, 0.25) is 0 Å². The van der Waals surface area contributed by atoms with Crippen LogP contribution in [-0.4, -0.2) is 60.7 Å². The highest BCUT2D eigenvalue weighted by molar-refractivity contribution is 6.02. The van der Waals surface area contributed by atoms with E-state index in [1.54, 1.807) is 14.2 Å². The molecule has 1 aliphatic heterocycles. The van der Waals surface area contributed by atoms with Gasteiger partial charge in [0.25, 0.3) is 11.7 Å². The summed E-state index contributed by atoms with van der Waals surface area (Å²) in [7, 11) is 3.33. The molecule has 40 heavy (non-hydrogen) atoms. The third-order valence-electron chi connectivity index (χ3n) is 6.19. The predicted octanol–water partition coefficient (Wildman–Crippen LogP) is 3.77. The standard InChI is InChI=1S/C26H26F3N3O8/c1-30-24-15(12-36-2)3-5-16(31-24)7-8-37-21-11-17(40-32-21)10-18(22(25(34)35)23(33)26(27,28)29)14-4-6-19-20(9-14)39-13-38-19/h3-6,9,11,18,22H,7-8,10,12-13H2,1-2H3,(H,30,31)(H,34,35).